The SMILES string of the molecule is O=C(NCC(O)c1cc2ccccc2s1)c1cccc[n+]1[O-]. The molecule has 0 bridgehead atoms. The van der Waals surface area contributed by atoms with Gasteiger partial charge >= 0.3 is 5.91 Å². The molecule has 0 spiro atoms. The average Bonchev–Trinajstić information content (AvgIpc) is 2.97. The molecule has 0 radical (unpaired) electrons. The van der Waals surface area contributed by atoms with Gasteiger partial charge in [0.25, 0.3) is 5.69 Å². The van der Waals surface area contributed by atoms with Crippen molar-refractivity contribution in [2.45, 2.75) is 6.10 Å². The van der Waals surface area contributed by atoms with Crippen LogP contribution in [-0.2, 0) is 0 Å². The van der Waals surface area contributed by atoms with Gasteiger partial charge in [0.05, 0.1) is 0 Å². The summed E-state index contributed by atoms with van der Waals surface area (Å²) < 4.78 is 1.59. The van der Waals surface area contributed by atoms with E-state index in [-0.39, 0.29) is 12.2 Å². The van der Waals surface area contributed by atoms with E-state index in [9.17, 15) is 15.1 Å². The van der Waals surface area contributed by atoms with Gasteiger partial charge in [0.15, 0.2) is 6.20 Å². The summed E-state index contributed by atoms with van der Waals surface area (Å²) in [4.78, 5) is 12.7. The van der Waals surface area contributed by atoms with Gasteiger partial charge in [-0.3, -0.25) is 4.79 Å². The van der Waals surface area contributed by atoms with E-state index < -0.39 is 12.0 Å². The van der Waals surface area contributed by atoms with Crippen LogP contribution in [0, 0.1) is 5.21 Å². The first-order valence-electron chi connectivity index (χ1n) is 6.78. The molecule has 0 aliphatic rings. The number of rotatable bonds is 4. The standard InChI is InChI=1S/C16H14N2O3S/c19-13(15-9-11-5-1-2-7-14(11)22-15)10-17-16(20)12-6-3-4-8-18(12)21/h1-9,13,19H,10H2,(H,17,20). The Labute approximate surface area is 131 Å². The molecule has 0 aliphatic heterocycles. The summed E-state index contributed by atoms with van der Waals surface area (Å²) in [5, 5.41) is 25.3. The highest BCUT2D eigenvalue weighted by atomic mass is 32.1. The highest BCUT2D eigenvalue weighted by Crippen LogP contribution is 2.29. The molecule has 0 saturated carbocycles. The Morgan fingerprint density at radius 3 is 2.82 bits per heavy atom. The lowest BCUT2D eigenvalue weighted by atomic mass is 10.2. The van der Waals surface area contributed by atoms with Crippen molar-refractivity contribution in [3.63, 3.8) is 0 Å². The van der Waals surface area contributed by atoms with Crippen molar-refractivity contribution in [1.82, 2.24) is 5.32 Å². The van der Waals surface area contributed by atoms with Gasteiger partial charge in [-0.05, 0) is 23.6 Å². The number of aliphatic hydroxyl groups is 1. The lowest BCUT2D eigenvalue weighted by Gasteiger charge is -2.09. The Hall–Kier alpha value is -2.44. The van der Waals surface area contributed by atoms with Crippen LogP contribution in [-0.4, -0.2) is 17.6 Å². The van der Waals surface area contributed by atoms with E-state index >= 15 is 0 Å². The summed E-state index contributed by atoms with van der Waals surface area (Å²) in [6, 6.07) is 14.4. The molecule has 3 rings (SSSR count). The summed E-state index contributed by atoms with van der Waals surface area (Å²) in [5.41, 5.74) is 0.00559. The van der Waals surface area contributed by atoms with E-state index in [1.807, 2.05) is 30.3 Å². The maximum absolute atomic E-state index is 11.9. The third kappa shape index (κ3) is 2.93. The minimum atomic E-state index is -0.801. The van der Waals surface area contributed by atoms with Gasteiger partial charge in [-0.1, -0.05) is 18.2 Å². The summed E-state index contributed by atoms with van der Waals surface area (Å²) in [5.74, 6) is -0.504. The third-order valence-corrected chi connectivity index (χ3v) is 4.50. The van der Waals surface area contributed by atoms with E-state index in [1.165, 1.54) is 23.6 Å². The van der Waals surface area contributed by atoms with Crippen molar-refractivity contribution in [3.05, 3.63) is 70.5 Å². The summed E-state index contributed by atoms with van der Waals surface area (Å²) in [7, 11) is 0. The molecule has 22 heavy (non-hydrogen) atoms. The molecule has 0 saturated heterocycles. The molecule has 1 amide bonds. The van der Waals surface area contributed by atoms with Crippen LogP contribution < -0.4 is 10.0 Å². The van der Waals surface area contributed by atoms with Gasteiger partial charge in [-0.2, -0.15) is 4.73 Å². The molecule has 2 N–H and O–H groups in total. The highest BCUT2D eigenvalue weighted by molar-refractivity contribution is 7.19. The van der Waals surface area contributed by atoms with Crippen molar-refractivity contribution in [1.29, 1.82) is 0 Å². The monoisotopic (exact) mass is 314 g/mol. The first kappa shape index (κ1) is 14.5. The largest absolute Gasteiger partial charge is 0.618 e. The molecule has 5 nitrogen and oxygen atoms in total. The lowest BCUT2D eigenvalue weighted by molar-refractivity contribution is -0.607. The molecule has 6 heteroatoms. The van der Waals surface area contributed by atoms with Crippen molar-refractivity contribution in [2.24, 2.45) is 0 Å². The number of fused-ring (bicyclic) bond motifs is 1. The first-order chi connectivity index (χ1) is 10.6. The minimum Gasteiger partial charge on any atom is -0.618 e. The number of nitrogens with one attached hydrogen (secondary N) is 1. The predicted molar refractivity (Wildman–Crippen MR) is 84.5 cm³/mol. The number of hydrogen-bond acceptors (Lipinski definition) is 4. The average molecular weight is 314 g/mol. The van der Waals surface area contributed by atoms with Gasteiger partial charge < -0.3 is 15.6 Å². The topological polar surface area (TPSA) is 76.3 Å². The van der Waals surface area contributed by atoms with E-state index in [0.717, 1.165) is 15.0 Å². The fraction of sp³-hybridized carbons (Fsp3) is 0.125. The molecule has 0 aliphatic carbocycles. The molecule has 1 atom stereocenters. The van der Waals surface area contributed by atoms with Crippen LogP contribution in [0.1, 0.15) is 21.5 Å². The van der Waals surface area contributed by atoms with E-state index in [1.54, 1.807) is 12.1 Å². The van der Waals surface area contributed by atoms with Gasteiger partial charge in [-0.15, -0.1) is 11.3 Å². The van der Waals surface area contributed by atoms with E-state index in [2.05, 4.69) is 5.32 Å². The Kier molecular flexibility index (Phi) is 4.04. The minimum absolute atomic E-state index is 0.00559. The van der Waals surface area contributed by atoms with Crippen molar-refractivity contribution in [2.75, 3.05) is 6.54 Å². The maximum Gasteiger partial charge on any atom is 0.317 e. The van der Waals surface area contributed by atoms with E-state index in [0.29, 0.717) is 4.73 Å². The zero-order chi connectivity index (χ0) is 15.5. The Morgan fingerprint density at radius 2 is 2.05 bits per heavy atom. The van der Waals surface area contributed by atoms with Crippen LogP contribution in [0.2, 0.25) is 0 Å². The molecule has 2 heterocycles. The number of benzene rings is 1. The van der Waals surface area contributed by atoms with Crippen LogP contribution in [0.15, 0.2) is 54.7 Å². The van der Waals surface area contributed by atoms with Crippen LogP contribution in [0.5, 0.6) is 0 Å². The van der Waals surface area contributed by atoms with Crippen molar-refractivity contribution in [3.8, 4) is 0 Å². The molecule has 0 fully saturated rings. The second-order valence-corrected chi connectivity index (χ2v) is 5.94. The summed E-state index contributed by atoms with van der Waals surface area (Å²) >= 11 is 1.49. The van der Waals surface area contributed by atoms with E-state index in [4.69, 9.17) is 0 Å². The molecule has 1 aromatic carbocycles. The highest BCUT2D eigenvalue weighted by Gasteiger charge is 2.17. The zero-order valence-corrected chi connectivity index (χ0v) is 12.4. The zero-order valence-electron chi connectivity index (χ0n) is 11.6. The molecule has 1 unspecified atom stereocenters. The van der Waals surface area contributed by atoms with Crippen molar-refractivity contribution < 1.29 is 14.6 Å². The second kappa shape index (κ2) is 6.13. The first-order valence-corrected chi connectivity index (χ1v) is 7.60. The maximum atomic E-state index is 11.9. The number of carbonyl (C=O) groups excluding carboxylic acids is 1. The molecule has 112 valence electrons. The second-order valence-electron chi connectivity index (χ2n) is 4.82. The fourth-order valence-corrected chi connectivity index (χ4v) is 3.20. The van der Waals surface area contributed by atoms with Gasteiger partial charge in [-0.25, -0.2) is 0 Å². The Morgan fingerprint density at radius 1 is 1.27 bits per heavy atom. The molecule has 2 aromatic heterocycles. The predicted octanol–water partition coefficient (Wildman–Crippen LogP) is 2.00. The third-order valence-electron chi connectivity index (χ3n) is 3.29. The molecular formula is C16H14N2O3S. The van der Waals surface area contributed by atoms with Crippen LogP contribution >= 0.6 is 11.3 Å². The number of aromatic nitrogens is 1. The van der Waals surface area contributed by atoms with Crippen LogP contribution in [0.4, 0.5) is 0 Å². The van der Waals surface area contributed by atoms with Crippen LogP contribution in [0.25, 0.3) is 10.1 Å². The number of thiophene rings is 1. The van der Waals surface area contributed by atoms with Gasteiger partial charge in [0, 0.05) is 28.3 Å². The number of carbonyl (C=O) groups is 1. The summed E-state index contributed by atoms with van der Waals surface area (Å²) in [6.07, 6.45) is 0.460. The number of hydrogen-bond donors (Lipinski definition) is 2. The van der Waals surface area contributed by atoms with Gasteiger partial charge in [0.2, 0.25) is 0 Å². The fourth-order valence-electron chi connectivity index (χ4n) is 2.15. The van der Waals surface area contributed by atoms with Crippen molar-refractivity contribution >= 4 is 27.3 Å². The Bertz CT molecular complexity index is 783. The molecule has 3 aromatic rings. The number of pyridine rings is 1. The normalized spacial score (nSPS) is 12.2. The number of amides is 1. The molecular weight excluding hydrogens is 300 g/mol. The smallest absolute Gasteiger partial charge is 0.317 e. The Balaban J connectivity index is 1.68. The lowest BCUT2D eigenvalue weighted by Crippen LogP contribution is -2.40. The van der Waals surface area contributed by atoms with Gasteiger partial charge in [0.1, 0.15) is 6.10 Å². The van der Waals surface area contributed by atoms with Crippen LogP contribution in [0.3, 0.4) is 0 Å². The number of nitrogens with zero attached hydrogens (tertiary/aromatic N) is 1. The quantitative estimate of drug-likeness (QED) is 0.571. The number of aliphatic hydroxyl groups excluding tert-OH is 1. The summed E-state index contributed by atoms with van der Waals surface area (Å²) in [6.45, 7) is 0.0561.